The number of carbonyl (C=O) groups excluding carboxylic acids is 1. The molecule has 23 heavy (non-hydrogen) atoms. The highest BCUT2D eigenvalue weighted by molar-refractivity contribution is 7.89. The summed E-state index contributed by atoms with van der Waals surface area (Å²) in [4.78, 5) is 17.7. The minimum absolute atomic E-state index is 0.0708. The molecule has 1 aromatic rings. The van der Waals surface area contributed by atoms with E-state index in [2.05, 4.69) is 15.0 Å². The average Bonchev–Trinajstić information content (AvgIpc) is 2.98. The number of sulfonamides is 1. The van der Waals surface area contributed by atoms with Crippen molar-refractivity contribution in [1.29, 1.82) is 0 Å². The molecule has 0 unspecified atom stereocenters. The van der Waals surface area contributed by atoms with Crippen LogP contribution in [0.2, 0.25) is 0 Å². The van der Waals surface area contributed by atoms with Crippen molar-refractivity contribution < 1.29 is 13.2 Å². The second-order valence-corrected chi connectivity index (χ2v) is 7.63. The molecule has 0 radical (unpaired) electrons. The largest absolute Gasteiger partial charge is 0.342 e. The fraction of sp³-hybridized carbons (Fsp3) is 0.714. The van der Waals surface area contributed by atoms with Crippen LogP contribution in [0, 0.1) is 5.92 Å². The van der Waals surface area contributed by atoms with Gasteiger partial charge in [0.05, 0.1) is 12.9 Å². The van der Waals surface area contributed by atoms with Gasteiger partial charge in [0.1, 0.15) is 0 Å². The number of piperidine rings is 1. The van der Waals surface area contributed by atoms with Crippen LogP contribution in [0.3, 0.4) is 0 Å². The van der Waals surface area contributed by atoms with Gasteiger partial charge in [-0.05, 0) is 38.8 Å². The molecule has 1 saturated heterocycles. The summed E-state index contributed by atoms with van der Waals surface area (Å²) in [6.07, 6.45) is 5.87. The molecule has 0 saturated carbocycles. The lowest BCUT2D eigenvalue weighted by molar-refractivity contribution is -0.131. The Hall–Kier alpha value is -1.45. The van der Waals surface area contributed by atoms with Crippen molar-refractivity contribution in [2.24, 2.45) is 13.0 Å². The number of nitrogens with zero attached hydrogens (tertiary/aromatic N) is 3. The highest BCUT2D eigenvalue weighted by atomic mass is 32.2. The third kappa shape index (κ3) is 5.02. The van der Waals surface area contributed by atoms with Gasteiger partial charge in [0.2, 0.25) is 5.91 Å². The van der Waals surface area contributed by atoms with Crippen LogP contribution in [-0.2, 0) is 21.9 Å². The predicted octanol–water partition coefficient (Wildman–Crippen LogP) is -0.453. The summed E-state index contributed by atoms with van der Waals surface area (Å²) < 4.78 is 28.0. The van der Waals surface area contributed by atoms with Crippen LogP contribution >= 0.6 is 0 Å². The molecule has 1 amide bonds. The van der Waals surface area contributed by atoms with E-state index >= 15 is 0 Å². The molecule has 0 aromatic carbocycles. The third-order valence-corrected chi connectivity index (χ3v) is 5.43. The van der Waals surface area contributed by atoms with Crippen LogP contribution in [0.25, 0.3) is 0 Å². The number of hydrogen-bond acceptors (Lipinski definition) is 5. The zero-order valence-electron chi connectivity index (χ0n) is 13.7. The van der Waals surface area contributed by atoms with E-state index in [1.165, 1.54) is 12.5 Å². The zero-order valence-corrected chi connectivity index (χ0v) is 14.5. The first-order valence-corrected chi connectivity index (χ1v) is 9.30. The molecule has 0 aliphatic carbocycles. The van der Waals surface area contributed by atoms with Crippen LogP contribution in [0.1, 0.15) is 19.3 Å². The second kappa shape index (κ2) is 7.89. The quantitative estimate of drug-likeness (QED) is 0.699. The van der Waals surface area contributed by atoms with Crippen molar-refractivity contribution in [3.63, 3.8) is 0 Å². The topological polar surface area (TPSA) is 96.3 Å². The van der Waals surface area contributed by atoms with E-state index in [1.54, 1.807) is 16.5 Å². The molecule has 0 spiro atoms. The van der Waals surface area contributed by atoms with E-state index < -0.39 is 10.0 Å². The van der Waals surface area contributed by atoms with E-state index in [9.17, 15) is 13.2 Å². The Morgan fingerprint density at radius 3 is 2.65 bits per heavy atom. The van der Waals surface area contributed by atoms with Gasteiger partial charge in [-0.2, -0.15) is 0 Å². The summed E-state index contributed by atoms with van der Waals surface area (Å²) in [7, 11) is -0.107. The number of aromatic nitrogens is 2. The summed E-state index contributed by atoms with van der Waals surface area (Å²) in [5.41, 5.74) is 0. The van der Waals surface area contributed by atoms with Gasteiger partial charge in [-0.15, -0.1) is 0 Å². The fourth-order valence-electron chi connectivity index (χ4n) is 2.69. The van der Waals surface area contributed by atoms with Crippen molar-refractivity contribution in [3.8, 4) is 0 Å². The number of nitrogens with one attached hydrogen (secondary N) is 2. The number of hydrogen-bond donors (Lipinski definition) is 2. The Morgan fingerprint density at radius 1 is 1.39 bits per heavy atom. The molecule has 2 rings (SSSR count). The molecule has 1 aliphatic heterocycles. The Bertz CT molecular complexity index is 620. The van der Waals surface area contributed by atoms with Crippen molar-refractivity contribution in [1.82, 2.24) is 24.5 Å². The molecule has 1 aliphatic rings. The first-order chi connectivity index (χ1) is 10.9. The summed E-state index contributed by atoms with van der Waals surface area (Å²) in [6.45, 7) is 2.15. The maximum Gasteiger partial charge on any atom is 0.260 e. The number of carbonyl (C=O) groups is 1. The van der Waals surface area contributed by atoms with Crippen LogP contribution in [0.4, 0.5) is 0 Å². The van der Waals surface area contributed by atoms with Crippen LogP contribution in [0.5, 0.6) is 0 Å². The van der Waals surface area contributed by atoms with Gasteiger partial charge in [0, 0.05) is 26.3 Å². The molecule has 0 bridgehead atoms. The van der Waals surface area contributed by atoms with Gasteiger partial charge in [-0.25, -0.2) is 18.1 Å². The third-order valence-electron chi connectivity index (χ3n) is 4.14. The van der Waals surface area contributed by atoms with E-state index in [4.69, 9.17) is 0 Å². The predicted molar refractivity (Wildman–Crippen MR) is 86.2 cm³/mol. The monoisotopic (exact) mass is 343 g/mol. The molecular formula is C14H25N5O3S. The summed E-state index contributed by atoms with van der Waals surface area (Å²) in [5, 5.41) is 3.07. The Morgan fingerprint density at radius 2 is 2.09 bits per heavy atom. The van der Waals surface area contributed by atoms with Gasteiger partial charge in [0.15, 0.2) is 5.03 Å². The van der Waals surface area contributed by atoms with Crippen molar-refractivity contribution >= 4 is 15.9 Å². The van der Waals surface area contributed by atoms with Gasteiger partial charge in [-0.1, -0.05) is 0 Å². The molecule has 130 valence electrons. The molecule has 0 atom stereocenters. The standard InChI is InChI=1S/C14H25N5O3S/c1-15-6-3-12-4-7-19(8-5-12)14(20)9-17-23(21,22)13-10-18(2)11-16-13/h10-12,15,17H,3-9H2,1-2H3. The minimum atomic E-state index is -3.73. The summed E-state index contributed by atoms with van der Waals surface area (Å²) in [5.74, 6) is 0.452. The van der Waals surface area contributed by atoms with Crippen molar-refractivity contribution in [2.75, 3.05) is 33.2 Å². The first-order valence-electron chi connectivity index (χ1n) is 7.82. The van der Waals surface area contributed by atoms with Gasteiger partial charge < -0.3 is 14.8 Å². The first kappa shape index (κ1) is 17.9. The van der Waals surface area contributed by atoms with Gasteiger partial charge in [0.25, 0.3) is 10.0 Å². The molecule has 2 N–H and O–H groups in total. The molecule has 2 heterocycles. The van der Waals surface area contributed by atoms with Crippen molar-refractivity contribution in [2.45, 2.75) is 24.3 Å². The van der Waals surface area contributed by atoms with Crippen molar-refractivity contribution in [3.05, 3.63) is 12.5 Å². The van der Waals surface area contributed by atoms with E-state index in [-0.39, 0.29) is 17.5 Å². The Kier molecular flexibility index (Phi) is 6.14. The minimum Gasteiger partial charge on any atom is -0.342 e. The number of likely N-dealkylation sites (tertiary alicyclic amines) is 1. The van der Waals surface area contributed by atoms with E-state index in [0.717, 1.165) is 25.8 Å². The summed E-state index contributed by atoms with van der Waals surface area (Å²) in [6, 6.07) is 0. The zero-order chi connectivity index (χ0) is 16.9. The maximum atomic E-state index is 12.2. The number of amides is 1. The van der Waals surface area contributed by atoms with Gasteiger partial charge in [-0.3, -0.25) is 4.79 Å². The molecule has 8 nitrogen and oxygen atoms in total. The second-order valence-electron chi connectivity index (χ2n) is 5.92. The average molecular weight is 343 g/mol. The highest BCUT2D eigenvalue weighted by Gasteiger charge is 2.24. The van der Waals surface area contributed by atoms with Crippen LogP contribution < -0.4 is 10.0 Å². The lowest BCUT2D eigenvalue weighted by atomic mass is 9.93. The molecular weight excluding hydrogens is 318 g/mol. The number of rotatable bonds is 7. The summed E-state index contributed by atoms with van der Waals surface area (Å²) >= 11 is 0. The smallest absolute Gasteiger partial charge is 0.260 e. The lowest BCUT2D eigenvalue weighted by Crippen LogP contribution is -2.44. The van der Waals surface area contributed by atoms with Gasteiger partial charge >= 0.3 is 0 Å². The van der Waals surface area contributed by atoms with Crippen LogP contribution in [0.15, 0.2) is 17.6 Å². The van der Waals surface area contributed by atoms with E-state index in [1.807, 2.05) is 7.05 Å². The highest BCUT2D eigenvalue weighted by Crippen LogP contribution is 2.19. The number of imidazole rings is 1. The maximum absolute atomic E-state index is 12.2. The lowest BCUT2D eigenvalue weighted by Gasteiger charge is -2.32. The van der Waals surface area contributed by atoms with E-state index in [0.29, 0.717) is 19.0 Å². The fourth-order valence-corrected chi connectivity index (χ4v) is 3.64. The number of aryl methyl sites for hydroxylation is 1. The molecule has 1 fully saturated rings. The SMILES string of the molecule is CNCCC1CCN(C(=O)CNS(=O)(=O)c2cn(C)cn2)CC1. The molecule has 1 aromatic heterocycles. The molecule has 9 heteroatoms. The Balaban J connectivity index is 1.79. The van der Waals surface area contributed by atoms with Crippen LogP contribution in [-0.4, -0.2) is 62.0 Å². The normalized spacial score (nSPS) is 16.7. The Labute approximate surface area is 137 Å².